The molecule has 0 atom stereocenters. The first-order valence-electron chi connectivity index (χ1n) is 8.02. The summed E-state index contributed by atoms with van der Waals surface area (Å²) < 4.78 is 32.3. The van der Waals surface area contributed by atoms with Crippen LogP contribution in [0.1, 0.15) is 22.6 Å². The Balaban J connectivity index is 1.76. The van der Waals surface area contributed by atoms with Crippen molar-refractivity contribution in [1.29, 1.82) is 0 Å². The van der Waals surface area contributed by atoms with E-state index < -0.39 is 10.0 Å². The standard InChI is InChI=1S/C18H20N4O3S/c1-11-5-6-15(9-12(11)2)20-16-7-8-17(19-10-16)22-26(23,24)18-13(3)21-25-14(18)4/h5-10,20H,1-4H3,(H,19,22). The van der Waals surface area contributed by atoms with E-state index in [2.05, 4.69) is 27.1 Å². The van der Waals surface area contributed by atoms with Crippen LogP contribution in [-0.2, 0) is 10.0 Å². The Morgan fingerprint density at radius 2 is 1.69 bits per heavy atom. The highest BCUT2D eigenvalue weighted by Crippen LogP contribution is 2.23. The smallest absolute Gasteiger partial charge is 0.268 e. The van der Waals surface area contributed by atoms with Crippen LogP contribution in [0, 0.1) is 27.7 Å². The van der Waals surface area contributed by atoms with Gasteiger partial charge in [0.15, 0.2) is 10.7 Å². The second kappa shape index (κ2) is 6.80. The summed E-state index contributed by atoms with van der Waals surface area (Å²) in [7, 11) is -3.80. The van der Waals surface area contributed by atoms with E-state index >= 15 is 0 Å². The molecule has 0 radical (unpaired) electrons. The van der Waals surface area contributed by atoms with Crippen LogP contribution in [0.2, 0.25) is 0 Å². The number of hydrogen-bond acceptors (Lipinski definition) is 6. The first kappa shape index (κ1) is 17.9. The lowest BCUT2D eigenvalue weighted by Gasteiger charge is -2.10. The van der Waals surface area contributed by atoms with Crippen molar-refractivity contribution in [1.82, 2.24) is 10.1 Å². The summed E-state index contributed by atoms with van der Waals surface area (Å²) in [5.74, 6) is 0.457. The molecule has 0 fully saturated rings. The van der Waals surface area contributed by atoms with Crippen LogP contribution < -0.4 is 10.0 Å². The lowest BCUT2D eigenvalue weighted by molar-refractivity contribution is 0.390. The molecule has 3 aromatic rings. The van der Waals surface area contributed by atoms with Gasteiger partial charge in [0.2, 0.25) is 0 Å². The van der Waals surface area contributed by atoms with Gasteiger partial charge in [0.05, 0.1) is 11.9 Å². The van der Waals surface area contributed by atoms with Gasteiger partial charge in [-0.3, -0.25) is 4.72 Å². The molecule has 2 N–H and O–H groups in total. The third-order valence-electron chi connectivity index (χ3n) is 4.03. The number of pyridine rings is 1. The molecular weight excluding hydrogens is 352 g/mol. The number of benzene rings is 1. The highest BCUT2D eigenvalue weighted by atomic mass is 32.2. The number of nitrogens with one attached hydrogen (secondary N) is 2. The maximum absolute atomic E-state index is 12.5. The lowest BCUT2D eigenvalue weighted by atomic mass is 10.1. The minimum absolute atomic E-state index is 0.0385. The normalized spacial score (nSPS) is 11.4. The first-order valence-corrected chi connectivity index (χ1v) is 9.50. The molecule has 0 bridgehead atoms. The lowest BCUT2D eigenvalue weighted by Crippen LogP contribution is -2.15. The summed E-state index contributed by atoms with van der Waals surface area (Å²) in [5, 5.41) is 6.92. The second-order valence-electron chi connectivity index (χ2n) is 6.11. The van der Waals surface area contributed by atoms with Crippen LogP contribution in [0.5, 0.6) is 0 Å². The fourth-order valence-electron chi connectivity index (χ4n) is 2.56. The van der Waals surface area contributed by atoms with Crippen molar-refractivity contribution in [2.24, 2.45) is 0 Å². The molecule has 0 spiro atoms. The number of sulfonamides is 1. The van der Waals surface area contributed by atoms with Gasteiger partial charge in [-0.25, -0.2) is 13.4 Å². The molecule has 0 saturated carbocycles. The van der Waals surface area contributed by atoms with Gasteiger partial charge in [-0.2, -0.15) is 0 Å². The monoisotopic (exact) mass is 372 g/mol. The Morgan fingerprint density at radius 1 is 0.962 bits per heavy atom. The zero-order chi connectivity index (χ0) is 18.9. The SMILES string of the molecule is Cc1ccc(Nc2ccc(NS(=O)(=O)c3c(C)noc3C)nc2)cc1C. The Labute approximate surface area is 152 Å². The van der Waals surface area contributed by atoms with E-state index in [1.165, 1.54) is 11.1 Å². The van der Waals surface area contributed by atoms with E-state index in [0.717, 1.165) is 11.4 Å². The maximum atomic E-state index is 12.5. The van der Waals surface area contributed by atoms with E-state index in [4.69, 9.17) is 4.52 Å². The molecule has 2 aromatic heterocycles. The number of aromatic nitrogens is 2. The van der Waals surface area contributed by atoms with Crippen molar-refractivity contribution in [3.05, 3.63) is 59.1 Å². The highest BCUT2D eigenvalue weighted by molar-refractivity contribution is 7.92. The average molecular weight is 372 g/mol. The minimum Gasteiger partial charge on any atom is -0.360 e. The number of nitrogens with zero attached hydrogens (tertiary/aromatic N) is 2. The van der Waals surface area contributed by atoms with Gasteiger partial charge in [-0.1, -0.05) is 11.2 Å². The molecule has 0 saturated heterocycles. The van der Waals surface area contributed by atoms with E-state index in [1.807, 2.05) is 25.1 Å². The topological polar surface area (TPSA) is 97.1 Å². The van der Waals surface area contributed by atoms with E-state index in [-0.39, 0.29) is 16.5 Å². The van der Waals surface area contributed by atoms with Crippen LogP contribution >= 0.6 is 0 Å². The Hall–Kier alpha value is -2.87. The van der Waals surface area contributed by atoms with E-state index in [9.17, 15) is 8.42 Å². The number of hydrogen-bond donors (Lipinski definition) is 2. The molecule has 0 unspecified atom stereocenters. The highest BCUT2D eigenvalue weighted by Gasteiger charge is 2.24. The largest absolute Gasteiger partial charge is 0.360 e. The molecule has 0 aliphatic rings. The van der Waals surface area contributed by atoms with Crippen molar-refractivity contribution in [2.75, 3.05) is 10.0 Å². The molecule has 7 nitrogen and oxygen atoms in total. The summed E-state index contributed by atoms with van der Waals surface area (Å²) in [6.07, 6.45) is 1.57. The Kier molecular flexibility index (Phi) is 4.69. The summed E-state index contributed by atoms with van der Waals surface area (Å²) in [5.41, 5.74) is 4.42. The van der Waals surface area contributed by atoms with Crippen molar-refractivity contribution in [3.63, 3.8) is 0 Å². The van der Waals surface area contributed by atoms with Gasteiger partial charge >= 0.3 is 0 Å². The maximum Gasteiger partial charge on any atom is 0.268 e. The van der Waals surface area contributed by atoms with Crippen molar-refractivity contribution < 1.29 is 12.9 Å². The minimum atomic E-state index is -3.80. The Morgan fingerprint density at radius 3 is 2.27 bits per heavy atom. The van der Waals surface area contributed by atoms with Gasteiger partial charge in [0.25, 0.3) is 10.0 Å². The van der Waals surface area contributed by atoms with Crippen LogP contribution in [0.4, 0.5) is 17.2 Å². The molecule has 3 rings (SSSR count). The molecular formula is C18H20N4O3S. The van der Waals surface area contributed by atoms with Gasteiger partial charge < -0.3 is 9.84 Å². The third-order valence-corrected chi connectivity index (χ3v) is 5.63. The molecule has 26 heavy (non-hydrogen) atoms. The first-order chi connectivity index (χ1) is 12.3. The van der Waals surface area contributed by atoms with Gasteiger partial charge in [0.1, 0.15) is 11.5 Å². The fraction of sp³-hybridized carbons (Fsp3) is 0.222. The van der Waals surface area contributed by atoms with Crippen LogP contribution in [0.15, 0.2) is 45.9 Å². The Bertz CT molecular complexity index is 1020. The molecule has 0 aliphatic carbocycles. The van der Waals surface area contributed by atoms with Crippen molar-refractivity contribution >= 4 is 27.2 Å². The van der Waals surface area contributed by atoms with Crippen LogP contribution in [0.25, 0.3) is 0 Å². The summed E-state index contributed by atoms with van der Waals surface area (Å²) >= 11 is 0. The summed E-state index contributed by atoms with van der Waals surface area (Å²) in [6.45, 7) is 7.24. The third kappa shape index (κ3) is 3.70. The van der Waals surface area contributed by atoms with E-state index in [0.29, 0.717) is 5.69 Å². The number of aryl methyl sites for hydroxylation is 4. The van der Waals surface area contributed by atoms with E-state index in [1.54, 1.807) is 32.2 Å². The molecule has 8 heteroatoms. The fourth-order valence-corrected chi connectivity index (χ4v) is 3.90. The molecule has 1 aromatic carbocycles. The molecule has 0 amide bonds. The number of anilines is 3. The van der Waals surface area contributed by atoms with Crippen molar-refractivity contribution in [2.45, 2.75) is 32.6 Å². The van der Waals surface area contributed by atoms with Crippen LogP contribution in [-0.4, -0.2) is 18.6 Å². The summed E-state index contributed by atoms with van der Waals surface area (Å²) in [4.78, 5) is 4.20. The van der Waals surface area contributed by atoms with Gasteiger partial charge in [-0.15, -0.1) is 0 Å². The predicted octanol–water partition coefficient (Wildman–Crippen LogP) is 3.85. The zero-order valence-electron chi connectivity index (χ0n) is 15.0. The summed E-state index contributed by atoms with van der Waals surface area (Å²) in [6, 6.07) is 9.42. The quantitative estimate of drug-likeness (QED) is 0.706. The predicted molar refractivity (Wildman–Crippen MR) is 100 cm³/mol. The van der Waals surface area contributed by atoms with Crippen molar-refractivity contribution in [3.8, 4) is 0 Å². The molecule has 2 heterocycles. The molecule has 136 valence electrons. The molecule has 0 aliphatic heterocycles. The average Bonchev–Trinajstić information content (AvgIpc) is 2.92. The van der Waals surface area contributed by atoms with Crippen LogP contribution in [0.3, 0.4) is 0 Å². The van der Waals surface area contributed by atoms with Gasteiger partial charge in [-0.05, 0) is 63.1 Å². The number of rotatable bonds is 5. The second-order valence-corrected chi connectivity index (χ2v) is 7.73. The zero-order valence-corrected chi connectivity index (χ0v) is 15.8. The van der Waals surface area contributed by atoms with Gasteiger partial charge in [0, 0.05) is 5.69 Å².